The molecule has 0 aliphatic heterocycles. The van der Waals surface area contributed by atoms with Gasteiger partial charge in [-0.25, -0.2) is 9.59 Å². The Bertz CT molecular complexity index is 1120. The van der Waals surface area contributed by atoms with Crippen LogP contribution in [-0.4, -0.2) is 43.5 Å². The maximum atomic E-state index is 12.4. The average molecular weight is 467 g/mol. The van der Waals surface area contributed by atoms with Gasteiger partial charge in [0.2, 0.25) is 0 Å². The molecule has 3 aromatic rings. The van der Waals surface area contributed by atoms with E-state index in [1.54, 1.807) is 29.6 Å². The predicted octanol–water partition coefficient (Wildman–Crippen LogP) is 3.06. The van der Waals surface area contributed by atoms with Crippen molar-refractivity contribution in [2.45, 2.75) is 12.5 Å². The van der Waals surface area contributed by atoms with Crippen molar-refractivity contribution in [3.63, 3.8) is 0 Å². The van der Waals surface area contributed by atoms with Crippen molar-refractivity contribution in [1.29, 1.82) is 0 Å². The van der Waals surface area contributed by atoms with E-state index < -0.39 is 30.5 Å². The van der Waals surface area contributed by atoms with Crippen LogP contribution in [0.2, 0.25) is 0 Å². The second-order valence-corrected chi connectivity index (χ2v) is 7.87. The summed E-state index contributed by atoms with van der Waals surface area (Å²) in [7, 11) is 1.23. The van der Waals surface area contributed by atoms with Gasteiger partial charge in [-0.2, -0.15) is 0 Å². The number of thiophene rings is 1. The van der Waals surface area contributed by atoms with Gasteiger partial charge in [0, 0.05) is 12.1 Å². The Hall–Kier alpha value is -3.98. The van der Waals surface area contributed by atoms with Crippen molar-refractivity contribution in [3.05, 3.63) is 88.1 Å². The van der Waals surface area contributed by atoms with E-state index in [1.807, 2.05) is 30.3 Å². The SMILES string of the molecule is COC(=O)C(Cc1ccccc1)NC(=O)COC(=O)c1cccc(NC(=O)c2cccs2)c1. The third-order valence-corrected chi connectivity index (χ3v) is 5.41. The highest BCUT2D eigenvalue weighted by Gasteiger charge is 2.22. The number of hydrogen-bond acceptors (Lipinski definition) is 7. The zero-order valence-electron chi connectivity index (χ0n) is 17.8. The molecule has 33 heavy (non-hydrogen) atoms. The van der Waals surface area contributed by atoms with E-state index in [0.717, 1.165) is 5.56 Å². The Balaban J connectivity index is 1.55. The van der Waals surface area contributed by atoms with Crippen molar-refractivity contribution in [2.75, 3.05) is 19.0 Å². The molecule has 3 rings (SSSR count). The van der Waals surface area contributed by atoms with Crippen LogP contribution in [0.5, 0.6) is 0 Å². The van der Waals surface area contributed by atoms with Gasteiger partial charge in [-0.3, -0.25) is 9.59 Å². The lowest BCUT2D eigenvalue weighted by Crippen LogP contribution is -2.44. The van der Waals surface area contributed by atoms with Crippen molar-refractivity contribution >= 4 is 40.8 Å². The summed E-state index contributed by atoms with van der Waals surface area (Å²) < 4.78 is 9.83. The summed E-state index contributed by atoms with van der Waals surface area (Å²) >= 11 is 1.30. The minimum absolute atomic E-state index is 0.167. The van der Waals surface area contributed by atoms with Gasteiger partial charge in [0.25, 0.3) is 11.8 Å². The number of esters is 2. The van der Waals surface area contributed by atoms with Crippen LogP contribution in [0.1, 0.15) is 25.6 Å². The second-order valence-electron chi connectivity index (χ2n) is 6.92. The van der Waals surface area contributed by atoms with Crippen LogP contribution in [0, 0.1) is 0 Å². The molecule has 0 bridgehead atoms. The van der Waals surface area contributed by atoms with Crippen LogP contribution in [0.25, 0.3) is 0 Å². The molecule has 9 heteroatoms. The van der Waals surface area contributed by atoms with E-state index in [-0.39, 0.29) is 17.9 Å². The average Bonchev–Trinajstić information content (AvgIpc) is 3.38. The molecular weight excluding hydrogens is 444 g/mol. The first-order chi connectivity index (χ1) is 16.0. The van der Waals surface area contributed by atoms with Crippen molar-refractivity contribution in [2.24, 2.45) is 0 Å². The summed E-state index contributed by atoms with van der Waals surface area (Å²) in [6.45, 7) is -0.576. The Kier molecular flexibility index (Phi) is 8.31. The minimum atomic E-state index is -0.917. The molecule has 0 aliphatic rings. The summed E-state index contributed by atoms with van der Waals surface area (Å²) in [6.07, 6.45) is 0.235. The first-order valence-electron chi connectivity index (χ1n) is 9.99. The molecule has 0 spiro atoms. The van der Waals surface area contributed by atoms with Crippen molar-refractivity contribution in [3.8, 4) is 0 Å². The van der Waals surface area contributed by atoms with Crippen molar-refractivity contribution in [1.82, 2.24) is 5.32 Å². The third kappa shape index (κ3) is 7.01. The fraction of sp³-hybridized carbons (Fsp3) is 0.167. The summed E-state index contributed by atoms with van der Waals surface area (Å²) in [5.41, 5.74) is 1.42. The zero-order chi connectivity index (χ0) is 23.6. The number of benzene rings is 2. The number of nitrogens with one attached hydrogen (secondary N) is 2. The molecule has 0 saturated carbocycles. The highest BCUT2D eigenvalue weighted by atomic mass is 32.1. The predicted molar refractivity (Wildman–Crippen MR) is 123 cm³/mol. The summed E-state index contributed by atoms with van der Waals surface area (Å²) in [4.78, 5) is 49.4. The normalized spacial score (nSPS) is 11.2. The fourth-order valence-corrected chi connectivity index (χ4v) is 3.58. The Labute approximate surface area is 194 Å². The topological polar surface area (TPSA) is 111 Å². The van der Waals surface area contributed by atoms with E-state index in [2.05, 4.69) is 10.6 Å². The van der Waals surface area contributed by atoms with Crippen LogP contribution in [0.4, 0.5) is 5.69 Å². The lowest BCUT2D eigenvalue weighted by Gasteiger charge is -2.16. The van der Waals surface area contributed by atoms with Crippen molar-refractivity contribution < 1.29 is 28.7 Å². The Morgan fingerprint density at radius 2 is 1.76 bits per heavy atom. The molecule has 1 heterocycles. The van der Waals surface area contributed by atoms with Crippen LogP contribution < -0.4 is 10.6 Å². The van der Waals surface area contributed by atoms with E-state index in [0.29, 0.717) is 10.6 Å². The molecule has 1 unspecified atom stereocenters. The number of methoxy groups -OCH3 is 1. The van der Waals surface area contributed by atoms with E-state index in [1.165, 1.54) is 30.6 Å². The number of anilines is 1. The molecule has 170 valence electrons. The van der Waals surface area contributed by atoms with Gasteiger partial charge >= 0.3 is 11.9 Å². The molecule has 1 atom stereocenters. The maximum absolute atomic E-state index is 12.4. The number of carbonyl (C=O) groups is 4. The maximum Gasteiger partial charge on any atom is 0.338 e. The van der Waals surface area contributed by atoms with Crippen LogP contribution in [-0.2, 0) is 25.5 Å². The number of ether oxygens (including phenoxy) is 2. The molecule has 0 aliphatic carbocycles. The molecule has 0 fully saturated rings. The molecular formula is C24H22N2O6S. The molecule has 8 nitrogen and oxygen atoms in total. The highest BCUT2D eigenvalue weighted by molar-refractivity contribution is 7.12. The largest absolute Gasteiger partial charge is 0.467 e. The number of carbonyl (C=O) groups excluding carboxylic acids is 4. The van der Waals surface area contributed by atoms with Gasteiger partial charge in [-0.1, -0.05) is 42.5 Å². The van der Waals surface area contributed by atoms with Crippen LogP contribution in [0.15, 0.2) is 72.1 Å². The highest BCUT2D eigenvalue weighted by Crippen LogP contribution is 2.15. The Morgan fingerprint density at radius 3 is 2.45 bits per heavy atom. The first kappa shape index (κ1) is 23.7. The van der Waals surface area contributed by atoms with Gasteiger partial charge in [-0.05, 0) is 35.2 Å². The second kappa shape index (κ2) is 11.6. The molecule has 1 aromatic heterocycles. The van der Waals surface area contributed by atoms with Gasteiger partial charge in [0.1, 0.15) is 6.04 Å². The first-order valence-corrected chi connectivity index (χ1v) is 10.9. The lowest BCUT2D eigenvalue weighted by atomic mass is 10.1. The molecule has 2 aromatic carbocycles. The number of amides is 2. The van der Waals surface area contributed by atoms with E-state index in [9.17, 15) is 19.2 Å². The smallest absolute Gasteiger partial charge is 0.338 e. The van der Waals surface area contributed by atoms with Crippen LogP contribution >= 0.6 is 11.3 Å². The van der Waals surface area contributed by atoms with Gasteiger partial charge < -0.3 is 20.1 Å². The molecule has 0 saturated heterocycles. The monoisotopic (exact) mass is 466 g/mol. The molecule has 0 radical (unpaired) electrons. The van der Waals surface area contributed by atoms with E-state index >= 15 is 0 Å². The third-order valence-electron chi connectivity index (χ3n) is 4.54. The standard InChI is InChI=1S/C24H22N2O6S/c1-31-24(30)19(13-16-7-3-2-4-8-16)26-21(27)15-32-23(29)17-9-5-10-18(14-17)25-22(28)20-11-6-12-33-20/h2-12,14,19H,13,15H2,1H3,(H,25,28)(H,26,27). The van der Waals surface area contributed by atoms with Gasteiger partial charge in [0.05, 0.1) is 17.6 Å². The minimum Gasteiger partial charge on any atom is -0.467 e. The molecule has 2 amide bonds. The Morgan fingerprint density at radius 1 is 0.970 bits per heavy atom. The summed E-state index contributed by atoms with van der Waals surface area (Å²) in [6, 6.07) is 17.9. The summed E-state index contributed by atoms with van der Waals surface area (Å²) in [5, 5.41) is 7.03. The van der Waals surface area contributed by atoms with Gasteiger partial charge in [-0.15, -0.1) is 11.3 Å². The fourth-order valence-electron chi connectivity index (χ4n) is 2.96. The molecule has 2 N–H and O–H groups in total. The number of rotatable bonds is 9. The lowest BCUT2D eigenvalue weighted by molar-refractivity contribution is -0.145. The van der Waals surface area contributed by atoms with Crippen LogP contribution in [0.3, 0.4) is 0 Å². The zero-order valence-corrected chi connectivity index (χ0v) is 18.6. The van der Waals surface area contributed by atoms with E-state index in [4.69, 9.17) is 9.47 Å². The van der Waals surface area contributed by atoms with Gasteiger partial charge in [0.15, 0.2) is 6.61 Å². The summed E-state index contributed by atoms with van der Waals surface area (Å²) in [5.74, 6) is -2.28. The number of hydrogen-bond donors (Lipinski definition) is 2. The quantitative estimate of drug-likeness (QED) is 0.469.